The van der Waals surface area contributed by atoms with Crippen molar-refractivity contribution in [1.82, 2.24) is 4.98 Å². The van der Waals surface area contributed by atoms with Gasteiger partial charge in [0.05, 0.1) is 0 Å². The second-order valence-electron chi connectivity index (χ2n) is 4.54. The number of hydrogen-bond donors (Lipinski definition) is 3. The molecule has 0 fully saturated rings. The van der Waals surface area contributed by atoms with E-state index in [9.17, 15) is 4.79 Å². The molecule has 0 radical (unpaired) electrons. The SMILES string of the molecule is CC(C)(C)OC(=O)Nc1cc(/C(N)=N/O)ccn1. The van der Waals surface area contributed by atoms with Crippen LogP contribution >= 0.6 is 0 Å². The summed E-state index contributed by atoms with van der Waals surface area (Å²) in [5, 5.41) is 13.9. The van der Waals surface area contributed by atoms with Gasteiger partial charge in [0.25, 0.3) is 0 Å². The summed E-state index contributed by atoms with van der Waals surface area (Å²) in [7, 11) is 0. The Morgan fingerprint density at radius 1 is 1.56 bits per heavy atom. The van der Waals surface area contributed by atoms with Crippen LogP contribution in [0.2, 0.25) is 0 Å². The average Bonchev–Trinajstić information content (AvgIpc) is 2.25. The van der Waals surface area contributed by atoms with Gasteiger partial charge in [-0.25, -0.2) is 9.78 Å². The van der Waals surface area contributed by atoms with Gasteiger partial charge in [0, 0.05) is 11.8 Å². The van der Waals surface area contributed by atoms with Gasteiger partial charge in [0.2, 0.25) is 0 Å². The molecule has 1 amide bonds. The van der Waals surface area contributed by atoms with Crippen LogP contribution in [-0.4, -0.2) is 27.7 Å². The molecule has 1 rings (SSSR count). The van der Waals surface area contributed by atoms with Gasteiger partial charge in [0.15, 0.2) is 5.84 Å². The third-order valence-electron chi connectivity index (χ3n) is 1.79. The molecule has 0 aliphatic heterocycles. The van der Waals surface area contributed by atoms with Crippen LogP contribution in [0.3, 0.4) is 0 Å². The third kappa shape index (κ3) is 4.28. The number of oxime groups is 1. The second-order valence-corrected chi connectivity index (χ2v) is 4.54. The molecule has 0 aliphatic carbocycles. The standard InChI is InChI=1S/C11H16N4O3/c1-11(2,3)18-10(16)14-8-6-7(4-5-13-8)9(12)15-17/h4-6,17H,1-3H3,(H2,12,15)(H,13,14,16). The molecule has 4 N–H and O–H groups in total. The molecular formula is C11H16N4O3. The molecule has 0 spiro atoms. The third-order valence-corrected chi connectivity index (χ3v) is 1.79. The monoisotopic (exact) mass is 252 g/mol. The number of carbonyl (C=O) groups excluding carboxylic acids is 1. The number of amidine groups is 1. The fourth-order valence-corrected chi connectivity index (χ4v) is 1.12. The van der Waals surface area contributed by atoms with Crippen LogP contribution in [0.4, 0.5) is 10.6 Å². The summed E-state index contributed by atoms with van der Waals surface area (Å²) in [5.41, 5.74) is 5.28. The summed E-state index contributed by atoms with van der Waals surface area (Å²) >= 11 is 0. The Morgan fingerprint density at radius 3 is 2.78 bits per heavy atom. The van der Waals surface area contributed by atoms with E-state index in [0.29, 0.717) is 5.56 Å². The fourth-order valence-electron chi connectivity index (χ4n) is 1.12. The fraction of sp³-hybridized carbons (Fsp3) is 0.364. The van der Waals surface area contributed by atoms with Crippen LogP contribution in [0.1, 0.15) is 26.3 Å². The Labute approximate surface area is 105 Å². The average molecular weight is 252 g/mol. The minimum absolute atomic E-state index is 0.0651. The Bertz CT molecular complexity index is 466. The van der Waals surface area contributed by atoms with E-state index in [1.54, 1.807) is 26.8 Å². The minimum atomic E-state index is -0.619. The van der Waals surface area contributed by atoms with Crippen LogP contribution < -0.4 is 11.1 Å². The van der Waals surface area contributed by atoms with Gasteiger partial charge >= 0.3 is 6.09 Å². The lowest BCUT2D eigenvalue weighted by molar-refractivity contribution is 0.0635. The van der Waals surface area contributed by atoms with Crippen LogP contribution in [0.5, 0.6) is 0 Å². The number of nitrogens with two attached hydrogens (primary N) is 1. The number of carbonyl (C=O) groups is 1. The highest BCUT2D eigenvalue weighted by Crippen LogP contribution is 2.11. The van der Waals surface area contributed by atoms with Gasteiger partial charge in [0.1, 0.15) is 11.4 Å². The lowest BCUT2D eigenvalue weighted by atomic mass is 10.2. The molecule has 18 heavy (non-hydrogen) atoms. The van der Waals surface area contributed by atoms with Gasteiger partial charge in [-0.15, -0.1) is 0 Å². The summed E-state index contributed by atoms with van der Waals surface area (Å²) < 4.78 is 5.07. The summed E-state index contributed by atoms with van der Waals surface area (Å²) in [4.78, 5) is 15.4. The number of nitrogens with one attached hydrogen (secondary N) is 1. The number of aromatic nitrogens is 1. The van der Waals surface area contributed by atoms with E-state index in [-0.39, 0.29) is 11.7 Å². The molecule has 0 atom stereocenters. The van der Waals surface area contributed by atoms with Crippen molar-refractivity contribution in [1.29, 1.82) is 0 Å². The first kappa shape index (κ1) is 13.8. The van der Waals surface area contributed by atoms with E-state index in [0.717, 1.165) is 0 Å². The molecule has 0 bridgehead atoms. The maximum absolute atomic E-state index is 11.5. The predicted octanol–water partition coefficient (Wildman–Crippen LogP) is 1.52. The van der Waals surface area contributed by atoms with E-state index >= 15 is 0 Å². The Kier molecular flexibility index (Phi) is 4.09. The molecule has 1 aromatic rings. The molecule has 1 heterocycles. The highest BCUT2D eigenvalue weighted by atomic mass is 16.6. The highest BCUT2D eigenvalue weighted by molar-refractivity contribution is 5.98. The van der Waals surface area contributed by atoms with E-state index in [1.807, 2.05) is 0 Å². The van der Waals surface area contributed by atoms with Gasteiger partial charge in [-0.05, 0) is 32.9 Å². The smallest absolute Gasteiger partial charge is 0.413 e. The van der Waals surface area contributed by atoms with Crippen molar-refractivity contribution < 1.29 is 14.7 Å². The molecule has 0 saturated carbocycles. The van der Waals surface area contributed by atoms with Gasteiger partial charge in [-0.2, -0.15) is 0 Å². The molecule has 98 valence electrons. The molecule has 0 unspecified atom stereocenters. The van der Waals surface area contributed by atoms with Crippen molar-refractivity contribution in [3.63, 3.8) is 0 Å². The molecular weight excluding hydrogens is 236 g/mol. The summed E-state index contributed by atoms with van der Waals surface area (Å²) in [5.74, 6) is 0.193. The number of anilines is 1. The van der Waals surface area contributed by atoms with Crippen molar-refractivity contribution in [3.8, 4) is 0 Å². The zero-order valence-electron chi connectivity index (χ0n) is 10.5. The van der Waals surface area contributed by atoms with Crippen LogP contribution in [-0.2, 0) is 4.74 Å². The molecule has 7 heteroatoms. The zero-order chi connectivity index (χ0) is 13.8. The lowest BCUT2D eigenvalue weighted by Gasteiger charge is -2.19. The predicted molar refractivity (Wildman–Crippen MR) is 66.6 cm³/mol. The topological polar surface area (TPSA) is 110 Å². The largest absolute Gasteiger partial charge is 0.444 e. The maximum Gasteiger partial charge on any atom is 0.413 e. The number of rotatable bonds is 2. The van der Waals surface area contributed by atoms with E-state index in [1.165, 1.54) is 12.3 Å². The summed E-state index contributed by atoms with van der Waals surface area (Å²) in [6, 6.07) is 3.02. The number of amides is 1. The van der Waals surface area contributed by atoms with Crippen molar-refractivity contribution in [2.75, 3.05) is 5.32 Å². The van der Waals surface area contributed by atoms with Crippen molar-refractivity contribution in [3.05, 3.63) is 23.9 Å². The quantitative estimate of drug-likeness (QED) is 0.320. The van der Waals surface area contributed by atoms with Crippen molar-refractivity contribution in [2.45, 2.75) is 26.4 Å². The number of hydrogen-bond acceptors (Lipinski definition) is 5. The number of pyridine rings is 1. The van der Waals surface area contributed by atoms with E-state index in [4.69, 9.17) is 15.7 Å². The number of nitrogens with zero attached hydrogens (tertiary/aromatic N) is 2. The highest BCUT2D eigenvalue weighted by Gasteiger charge is 2.16. The number of ether oxygens (including phenoxy) is 1. The van der Waals surface area contributed by atoms with Crippen LogP contribution in [0, 0.1) is 0 Å². The van der Waals surface area contributed by atoms with Gasteiger partial charge in [-0.3, -0.25) is 5.32 Å². The molecule has 0 aliphatic rings. The van der Waals surface area contributed by atoms with Crippen molar-refractivity contribution >= 4 is 17.7 Å². The Morgan fingerprint density at radius 2 is 2.22 bits per heavy atom. The second kappa shape index (κ2) is 5.35. The van der Waals surface area contributed by atoms with E-state index < -0.39 is 11.7 Å². The lowest BCUT2D eigenvalue weighted by Crippen LogP contribution is -2.27. The minimum Gasteiger partial charge on any atom is -0.444 e. The normalized spacial score (nSPS) is 12.1. The summed E-state index contributed by atoms with van der Waals surface area (Å²) in [6.45, 7) is 5.27. The first-order chi connectivity index (χ1) is 8.31. The molecule has 1 aromatic heterocycles. The van der Waals surface area contributed by atoms with Gasteiger partial charge in [-0.1, -0.05) is 5.16 Å². The van der Waals surface area contributed by atoms with Crippen LogP contribution in [0.15, 0.2) is 23.5 Å². The molecule has 0 aromatic carbocycles. The maximum atomic E-state index is 11.5. The van der Waals surface area contributed by atoms with Crippen LogP contribution in [0.25, 0.3) is 0 Å². The Balaban J connectivity index is 2.77. The first-order valence-corrected chi connectivity index (χ1v) is 5.26. The van der Waals surface area contributed by atoms with Gasteiger partial charge < -0.3 is 15.7 Å². The molecule has 0 saturated heterocycles. The first-order valence-electron chi connectivity index (χ1n) is 5.26. The zero-order valence-corrected chi connectivity index (χ0v) is 10.5. The Hall–Kier alpha value is -2.31. The van der Waals surface area contributed by atoms with Crippen molar-refractivity contribution in [2.24, 2.45) is 10.9 Å². The molecule has 7 nitrogen and oxygen atoms in total. The summed E-state index contributed by atoms with van der Waals surface area (Å²) in [6.07, 6.45) is 0.812. The van der Waals surface area contributed by atoms with E-state index in [2.05, 4.69) is 15.5 Å².